The topological polar surface area (TPSA) is 89.8 Å². The fourth-order valence-electron chi connectivity index (χ4n) is 2.98. The molecule has 4 rings (SSSR count). The number of rotatable bonds is 4. The summed E-state index contributed by atoms with van der Waals surface area (Å²) >= 11 is 0. The van der Waals surface area contributed by atoms with Crippen molar-refractivity contribution in [2.24, 2.45) is 7.05 Å². The molecule has 8 heteroatoms. The number of nitrogens with zero attached hydrogens (tertiary/aromatic N) is 4. The SMILES string of the molecule is Cc1cnccc1-c1ccc(S(=O)(=O)Nc2cccc3cnn(C)c23)cn1. The molecule has 0 radical (unpaired) electrons. The number of aromatic nitrogens is 4. The van der Waals surface area contributed by atoms with Crippen LogP contribution in [0.1, 0.15) is 5.56 Å². The van der Waals surface area contributed by atoms with Crippen LogP contribution < -0.4 is 4.72 Å². The van der Waals surface area contributed by atoms with E-state index in [1.54, 1.807) is 54.6 Å². The number of sulfonamides is 1. The normalized spacial score (nSPS) is 11.6. The number of nitrogens with one attached hydrogen (secondary N) is 1. The number of benzene rings is 1. The smallest absolute Gasteiger partial charge is 0.263 e. The summed E-state index contributed by atoms with van der Waals surface area (Å²) in [5, 5.41) is 5.04. The first-order chi connectivity index (χ1) is 13.0. The van der Waals surface area contributed by atoms with Gasteiger partial charge in [0.2, 0.25) is 0 Å². The molecule has 7 nitrogen and oxygen atoms in total. The summed E-state index contributed by atoms with van der Waals surface area (Å²) in [6.07, 6.45) is 6.49. The number of pyridine rings is 2. The molecule has 1 N–H and O–H groups in total. The van der Waals surface area contributed by atoms with Crippen molar-refractivity contribution in [3.8, 4) is 11.3 Å². The zero-order valence-electron chi connectivity index (χ0n) is 14.8. The van der Waals surface area contributed by atoms with Crippen LogP contribution in [-0.4, -0.2) is 28.2 Å². The van der Waals surface area contributed by atoms with Crippen LogP contribution in [0.5, 0.6) is 0 Å². The molecule has 0 amide bonds. The first-order valence-corrected chi connectivity index (χ1v) is 9.74. The minimum atomic E-state index is -3.77. The predicted molar refractivity (Wildman–Crippen MR) is 104 cm³/mol. The van der Waals surface area contributed by atoms with Crippen molar-refractivity contribution >= 4 is 26.6 Å². The van der Waals surface area contributed by atoms with E-state index in [0.29, 0.717) is 11.4 Å². The molecule has 4 aromatic rings. The van der Waals surface area contributed by atoms with Crippen molar-refractivity contribution in [1.82, 2.24) is 19.7 Å². The molecule has 0 aliphatic rings. The molecule has 0 aliphatic heterocycles. The lowest BCUT2D eigenvalue weighted by Gasteiger charge is -2.11. The molecule has 0 unspecified atom stereocenters. The van der Waals surface area contributed by atoms with Gasteiger partial charge in [-0.1, -0.05) is 12.1 Å². The zero-order valence-corrected chi connectivity index (χ0v) is 15.6. The minimum Gasteiger partial charge on any atom is -0.277 e. The van der Waals surface area contributed by atoms with Gasteiger partial charge in [-0.15, -0.1) is 0 Å². The van der Waals surface area contributed by atoms with E-state index >= 15 is 0 Å². The summed E-state index contributed by atoms with van der Waals surface area (Å²) in [5.41, 5.74) is 3.78. The molecule has 0 fully saturated rings. The van der Waals surface area contributed by atoms with Gasteiger partial charge in [0.15, 0.2) is 0 Å². The van der Waals surface area contributed by atoms with E-state index in [1.165, 1.54) is 6.20 Å². The molecule has 0 spiro atoms. The third-order valence-corrected chi connectivity index (χ3v) is 5.70. The fraction of sp³-hybridized carbons (Fsp3) is 0.105. The zero-order chi connectivity index (χ0) is 19.0. The second-order valence-corrected chi connectivity index (χ2v) is 7.87. The maximum absolute atomic E-state index is 12.8. The van der Waals surface area contributed by atoms with Crippen LogP contribution in [0.4, 0.5) is 5.69 Å². The van der Waals surface area contributed by atoms with Crippen molar-refractivity contribution in [1.29, 1.82) is 0 Å². The van der Waals surface area contributed by atoms with E-state index in [4.69, 9.17) is 0 Å². The standard InChI is InChI=1S/C19H17N5O2S/c1-13-10-20-9-8-16(13)17-7-6-15(12-21-17)27(25,26)23-18-5-3-4-14-11-22-24(2)19(14)18/h3-12,23H,1-2H3. The number of hydrogen-bond donors (Lipinski definition) is 1. The highest BCUT2D eigenvalue weighted by molar-refractivity contribution is 7.92. The van der Waals surface area contributed by atoms with E-state index in [0.717, 1.165) is 22.0 Å². The summed E-state index contributed by atoms with van der Waals surface area (Å²) in [7, 11) is -2.00. The van der Waals surface area contributed by atoms with Crippen LogP contribution in [0.3, 0.4) is 0 Å². The van der Waals surface area contributed by atoms with E-state index in [2.05, 4.69) is 19.8 Å². The lowest BCUT2D eigenvalue weighted by molar-refractivity contribution is 0.601. The summed E-state index contributed by atoms with van der Waals surface area (Å²) in [6.45, 7) is 1.94. The van der Waals surface area contributed by atoms with Crippen LogP contribution in [-0.2, 0) is 17.1 Å². The fourth-order valence-corrected chi connectivity index (χ4v) is 3.99. The van der Waals surface area contributed by atoms with Gasteiger partial charge >= 0.3 is 0 Å². The van der Waals surface area contributed by atoms with Gasteiger partial charge < -0.3 is 0 Å². The molecule has 1 aromatic carbocycles. The van der Waals surface area contributed by atoms with Crippen molar-refractivity contribution in [2.45, 2.75) is 11.8 Å². The third-order valence-electron chi connectivity index (χ3n) is 4.35. The highest BCUT2D eigenvalue weighted by Gasteiger charge is 2.17. The second kappa shape index (κ2) is 6.48. The van der Waals surface area contributed by atoms with Crippen LogP contribution in [0.25, 0.3) is 22.2 Å². The maximum Gasteiger partial charge on any atom is 0.263 e. The van der Waals surface area contributed by atoms with E-state index in [9.17, 15) is 8.42 Å². The van der Waals surface area contributed by atoms with Crippen LogP contribution >= 0.6 is 0 Å². The van der Waals surface area contributed by atoms with Crippen LogP contribution in [0.2, 0.25) is 0 Å². The molecule has 0 bridgehead atoms. The summed E-state index contributed by atoms with van der Waals surface area (Å²) in [6, 6.07) is 10.5. The number of para-hydroxylation sites is 1. The van der Waals surface area contributed by atoms with Gasteiger partial charge in [0.05, 0.1) is 23.1 Å². The highest BCUT2D eigenvalue weighted by atomic mass is 32.2. The molecule has 0 atom stereocenters. The van der Waals surface area contributed by atoms with Crippen LogP contribution in [0.15, 0.2) is 66.1 Å². The minimum absolute atomic E-state index is 0.0946. The van der Waals surface area contributed by atoms with Gasteiger partial charge in [-0.25, -0.2) is 8.42 Å². The molecule has 136 valence electrons. The molecule has 0 saturated carbocycles. The maximum atomic E-state index is 12.8. The summed E-state index contributed by atoms with van der Waals surface area (Å²) in [4.78, 5) is 8.48. The molecular weight excluding hydrogens is 362 g/mol. The van der Waals surface area contributed by atoms with E-state index in [-0.39, 0.29) is 4.90 Å². The number of hydrogen-bond acceptors (Lipinski definition) is 5. The Morgan fingerprint density at radius 3 is 2.63 bits per heavy atom. The molecular formula is C19H17N5O2S. The van der Waals surface area contributed by atoms with Gasteiger partial charge in [-0.3, -0.25) is 19.4 Å². The average Bonchev–Trinajstić information content (AvgIpc) is 3.04. The van der Waals surface area contributed by atoms with Crippen molar-refractivity contribution in [3.63, 3.8) is 0 Å². The Morgan fingerprint density at radius 1 is 1.04 bits per heavy atom. The number of fused-ring (bicyclic) bond motifs is 1. The Morgan fingerprint density at radius 2 is 1.89 bits per heavy atom. The van der Waals surface area contributed by atoms with Gasteiger partial charge in [-0.05, 0) is 36.8 Å². The number of aryl methyl sites for hydroxylation is 2. The van der Waals surface area contributed by atoms with Crippen molar-refractivity contribution in [3.05, 3.63) is 66.7 Å². The average molecular weight is 379 g/mol. The Kier molecular flexibility index (Phi) is 4.12. The van der Waals surface area contributed by atoms with Crippen LogP contribution in [0, 0.1) is 6.92 Å². The Bertz CT molecular complexity index is 1230. The monoisotopic (exact) mass is 379 g/mol. The van der Waals surface area contributed by atoms with E-state index < -0.39 is 10.0 Å². The Labute approximate surface area is 156 Å². The first-order valence-electron chi connectivity index (χ1n) is 8.26. The molecule has 3 heterocycles. The predicted octanol–water partition coefficient (Wildman–Crippen LogP) is 3.14. The number of anilines is 1. The van der Waals surface area contributed by atoms with Crippen molar-refractivity contribution < 1.29 is 8.42 Å². The van der Waals surface area contributed by atoms with E-state index in [1.807, 2.05) is 19.1 Å². The van der Waals surface area contributed by atoms with Gasteiger partial charge in [0.25, 0.3) is 10.0 Å². The Hall–Kier alpha value is -3.26. The molecule has 0 aliphatic carbocycles. The first kappa shape index (κ1) is 17.2. The Balaban J connectivity index is 1.68. The molecule has 3 aromatic heterocycles. The lowest BCUT2D eigenvalue weighted by atomic mass is 10.1. The second-order valence-electron chi connectivity index (χ2n) is 6.19. The lowest BCUT2D eigenvalue weighted by Crippen LogP contribution is -2.14. The van der Waals surface area contributed by atoms with Gasteiger partial charge in [-0.2, -0.15) is 5.10 Å². The van der Waals surface area contributed by atoms with Crippen molar-refractivity contribution in [2.75, 3.05) is 4.72 Å². The largest absolute Gasteiger partial charge is 0.277 e. The van der Waals surface area contributed by atoms with Gasteiger partial charge in [0, 0.05) is 36.6 Å². The molecule has 27 heavy (non-hydrogen) atoms. The third kappa shape index (κ3) is 3.15. The van der Waals surface area contributed by atoms with Gasteiger partial charge in [0.1, 0.15) is 4.90 Å². The summed E-state index contributed by atoms with van der Waals surface area (Å²) < 4.78 is 29.9. The molecule has 0 saturated heterocycles. The highest BCUT2D eigenvalue weighted by Crippen LogP contribution is 2.26. The quantitative estimate of drug-likeness (QED) is 0.588. The summed E-state index contributed by atoms with van der Waals surface area (Å²) in [5.74, 6) is 0.